The molecule has 0 spiro atoms. The molecule has 0 unspecified atom stereocenters. The van der Waals surface area contributed by atoms with Crippen molar-refractivity contribution in [1.29, 1.82) is 0 Å². The van der Waals surface area contributed by atoms with Gasteiger partial charge in [0.15, 0.2) is 0 Å². The summed E-state index contributed by atoms with van der Waals surface area (Å²) < 4.78 is 5.24. The molecule has 1 aromatic heterocycles. The fourth-order valence-electron chi connectivity index (χ4n) is 3.85. The Balaban J connectivity index is 1.24. The zero-order chi connectivity index (χ0) is 20.8. The lowest BCUT2D eigenvalue weighted by atomic mass is 9.95. The molecule has 2 amide bonds. The molecule has 0 aliphatic carbocycles. The lowest BCUT2D eigenvalue weighted by molar-refractivity contribution is -0.135. The first-order valence-electron chi connectivity index (χ1n) is 10.4. The highest BCUT2D eigenvalue weighted by molar-refractivity contribution is 5.81. The topological polar surface area (TPSA) is 62.6 Å². The standard InChI is InChI=1S/C25H26N2O3/c28-24(17-19-8-10-21(11-9-19)20-5-2-1-3-6-20)27-14-12-22(13-15-27)25(29)26-18-23-7-4-16-30-23/h1-11,16,22H,12-15,17-18H2,(H,26,29). The summed E-state index contributed by atoms with van der Waals surface area (Å²) in [5, 5.41) is 2.92. The van der Waals surface area contributed by atoms with Crippen LogP contribution in [0.1, 0.15) is 24.2 Å². The van der Waals surface area contributed by atoms with Gasteiger partial charge in [0.05, 0.1) is 19.2 Å². The minimum absolute atomic E-state index is 0.0370. The van der Waals surface area contributed by atoms with Crippen molar-refractivity contribution < 1.29 is 14.0 Å². The lowest BCUT2D eigenvalue weighted by Gasteiger charge is -2.31. The first kappa shape index (κ1) is 20.0. The fraction of sp³-hybridized carbons (Fsp3) is 0.280. The summed E-state index contributed by atoms with van der Waals surface area (Å²) in [4.78, 5) is 26.9. The van der Waals surface area contributed by atoms with Crippen molar-refractivity contribution in [2.75, 3.05) is 13.1 Å². The molecule has 5 nitrogen and oxygen atoms in total. The number of piperidine rings is 1. The molecule has 1 aliphatic rings. The van der Waals surface area contributed by atoms with E-state index in [4.69, 9.17) is 4.42 Å². The zero-order valence-electron chi connectivity index (χ0n) is 16.9. The van der Waals surface area contributed by atoms with Crippen molar-refractivity contribution in [2.24, 2.45) is 5.92 Å². The van der Waals surface area contributed by atoms with Crippen LogP contribution in [0.3, 0.4) is 0 Å². The molecule has 2 heterocycles. The van der Waals surface area contributed by atoms with Crippen LogP contribution in [0.25, 0.3) is 11.1 Å². The monoisotopic (exact) mass is 402 g/mol. The van der Waals surface area contributed by atoms with E-state index >= 15 is 0 Å². The maximum atomic E-state index is 12.7. The number of likely N-dealkylation sites (tertiary alicyclic amines) is 1. The van der Waals surface area contributed by atoms with Crippen LogP contribution in [0.2, 0.25) is 0 Å². The number of benzene rings is 2. The molecule has 5 heteroatoms. The Bertz CT molecular complexity index is 957. The van der Waals surface area contributed by atoms with Gasteiger partial charge in [-0.1, -0.05) is 54.6 Å². The predicted molar refractivity (Wildman–Crippen MR) is 115 cm³/mol. The van der Waals surface area contributed by atoms with Crippen molar-refractivity contribution in [3.8, 4) is 11.1 Å². The van der Waals surface area contributed by atoms with E-state index in [0.29, 0.717) is 38.9 Å². The van der Waals surface area contributed by atoms with Gasteiger partial charge < -0.3 is 14.6 Å². The molecule has 1 N–H and O–H groups in total. The van der Waals surface area contributed by atoms with Crippen LogP contribution >= 0.6 is 0 Å². The maximum absolute atomic E-state index is 12.7. The second-order valence-corrected chi connectivity index (χ2v) is 7.69. The Kier molecular flexibility index (Phi) is 6.28. The third-order valence-corrected chi connectivity index (χ3v) is 5.65. The molecule has 4 rings (SSSR count). The van der Waals surface area contributed by atoms with Crippen LogP contribution in [0, 0.1) is 5.92 Å². The van der Waals surface area contributed by atoms with Crippen molar-refractivity contribution in [1.82, 2.24) is 10.2 Å². The number of nitrogens with zero attached hydrogens (tertiary/aromatic N) is 1. The first-order valence-corrected chi connectivity index (χ1v) is 10.4. The van der Waals surface area contributed by atoms with Crippen LogP contribution in [0.4, 0.5) is 0 Å². The molecule has 2 aromatic carbocycles. The fourth-order valence-corrected chi connectivity index (χ4v) is 3.85. The molecule has 1 fully saturated rings. The normalized spacial score (nSPS) is 14.5. The summed E-state index contributed by atoms with van der Waals surface area (Å²) in [5.41, 5.74) is 3.33. The third kappa shape index (κ3) is 4.98. The first-order chi connectivity index (χ1) is 14.7. The molecule has 0 bridgehead atoms. The summed E-state index contributed by atoms with van der Waals surface area (Å²) in [7, 11) is 0. The van der Waals surface area contributed by atoms with Gasteiger partial charge in [0.2, 0.25) is 11.8 Å². The van der Waals surface area contributed by atoms with E-state index < -0.39 is 0 Å². The predicted octanol–water partition coefficient (Wildman–Crippen LogP) is 4.04. The lowest BCUT2D eigenvalue weighted by Crippen LogP contribution is -2.43. The molecular formula is C25H26N2O3. The highest BCUT2D eigenvalue weighted by Gasteiger charge is 2.27. The van der Waals surface area contributed by atoms with Crippen molar-refractivity contribution in [3.63, 3.8) is 0 Å². The smallest absolute Gasteiger partial charge is 0.226 e. The molecule has 3 aromatic rings. The third-order valence-electron chi connectivity index (χ3n) is 5.65. The Morgan fingerprint density at radius 1 is 0.900 bits per heavy atom. The average molecular weight is 402 g/mol. The van der Waals surface area contributed by atoms with Crippen LogP contribution < -0.4 is 5.32 Å². The van der Waals surface area contributed by atoms with E-state index in [9.17, 15) is 9.59 Å². The summed E-state index contributed by atoms with van der Waals surface area (Å²) in [6.07, 6.45) is 3.39. The van der Waals surface area contributed by atoms with Crippen molar-refractivity contribution >= 4 is 11.8 Å². The van der Waals surface area contributed by atoms with Gasteiger partial charge in [-0.05, 0) is 41.7 Å². The number of hydrogen-bond donors (Lipinski definition) is 1. The van der Waals surface area contributed by atoms with E-state index in [-0.39, 0.29) is 17.7 Å². The molecule has 1 aliphatic heterocycles. The summed E-state index contributed by atoms with van der Waals surface area (Å²) in [5.74, 6) is 0.857. The highest BCUT2D eigenvalue weighted by Crippen LogP contribution is 2.21. The minimum atomic E-state index is -0.0471. The summed E-state index contributed by atoms with van der Waals surface area (Å²) in [6.45, 7) is 1.66. The number of carbonyl (C=O) groups excluding carboxylic acids is 2. The van der Waals surface area contributed by atoms with Gasteiger partial charge in [0.1, 0.15) is 5.76 Å². The van der Waals surface area contributed by atoms with Gasteiger partial charge >= 0.3 is 0 Å². The Morgan fingerprint density at radius 2 is 1.60 bits per heavy atom. The summed E-state index contributed by atoms with van der Waals surface area (Å²) >= 11 is 0. The average Bonchev–Trinajstić information content (AvgIpc) is 3.32. The number of furan rings is 1. The van der Waals surface area contributed by atoms with Gasteiger partial charge in [-0.3, -0.25) is 9.59 Å². The number of rotatable bonds is 6. The second kappa shape index (κ2) is 9.44. The van der Waals surface area contributed by atoms with Crippen LogP contribution in [-0.4, -0.2) is 29.8 Å². The van der Waals surface area contributed by atoms with Gasteiger partial charge in [-0.2, -0.15) is 0 Å². The van der Waals surface area contributed by atoms with Crippen LogP contribution in [0.5, 0.6) is 0 Å². The Morgan fingerprint density at radius 3 is 2.27 bits per heavy atom. The quantitative estimate of drug-likeness (QED) is 0.677. The highest BCUT2D eigenvalue weighted by atomic mass is 16.3. The van der Waals surface area contributed by atoms with Crippen LogP contribution in [-0.2, 0) is 22.6 Å². The van der Waals surface area contributed by atoms with E-state index in [2.05, 4.69) is 29.6 Å². The van der Waals surface area contributed by atoms with E-state index in [1.807, 2.05) is 41.3 Å². The number of nitrogens with one attached hydrogen (secondary N) is 1. The van der Waals surface area contributed by atoms with Crippen molar-refractivity contribution in [2.45, 2.75) is 25.8 Å². The molecule has 1 saturated heterocycles. The molecule has 0 atom stereocenters. The van der Waals surface area contributed by atoms with Gasteiger partial charge in [-0.25, -0.2) is 0 Å². The van der Waals surface area contributed by atoms with Crippen LogP contribution in [0.15, 0.2) is 77.4 Å². The van der Waals surface area contributed by atoms with Gasteiger partial charge in [-0.15, -0.1) is 0 Å². The van der Waals surface area contributed by atoms with Gasteiger partial charge in [0, 0.05) is 19.0 Å². The molecule has 30 heavy (non-hydrogen) atoms. The zero-order valence-corrected chi connectivity index (χ0v) is 16.9. The van der Waals surface area contributed by atoms with E-state index in [1.54, 1.807) is 12.3 Å². The van der Waals surface area contributed by atoms with E-state index in [1.165, 1.54) is 5.56 Å². The summed E-state index contributed by atoms with van der Waals surface area (Å²) in [6, 6.07) is 22.0. The number of amides is 2. The van der Waals surface area contributed by atoms with Crippen molar-refractivity contribution in [3.05, 3.63) is 84.3 Å². The van der Waals surface area contributed by atoms with E-state index in [0.717, 1.165) is 16.9 Å². The Labute approximate surface area is 176 Å². The largest absolute Gasteiger partial charge is 0.467 e. The molecule has 0 saturated carbocycles. The SMILES string of the molecule is O=C(NCc1ccco1)C1CCN(C(=O)Cc2ccc(-c3ccccc3)cc2)CC1. The molecule has 0 radical (unpaired) electrons. The number of carbonyl (C=O) groups is 2. The maximum Gasteiger partial charge on any atom is 0.226 e. The number of hydrogen-bond acceptors (Lipinski definition) is 3. The van der Waals surface area contributed by atoms with Gasteiger partial charge in [0.25, 0.3) is 0 Å². The minimum Gasteiger partial charge on any atom is -0.467 e. The second-order valence-electron chi connectivity index (χ2n) is 7.69. The Hall–Kier alpha value is -3.34. The molecular weight excluding hydrogens is 376 g/mol. The molecule has 154 valence electrons.